The molecule has 0 aliphatic heterocycles. The van der Waals surface area contributed by atoms with Crippen LogP contribution in [0.15, 0.2) is 30.3 Å². The van der Waals surface area contributed by atoms with Crippen LogP contribution in [0.5, 0.6) is 11.6 Å². The number of hydrogen-bond donors (Lipinski definition) is 0. The van der Waals surface area contributed by atoms with Crippen molar-refractivity contribution in [1.29, 1.82) is 0 Å². The number of ether oxygens (including phenoxy) is 1. The van der Waals surface area contributed by atoms with Crippen LogP contribution in [0.4, 0.5) is 8.78 Å². The summed E-state index contributed by atoms with van der Waals surface area (Å²) in [7, 11) is 0. The molecular formula is C16H16F2N4O. The van der Waals surface area contributed by atoms with Crippen molar-refractivity contribution in [2.45, 2.75) is 33.1 Å². The summed E-state index contributed by atoms with van der Waals surface area (Å²) in [6.45, 7) is 6.09. The van der Waals surface area contributed by atoms with Gasteiger partial charge in [-0.15, -0.1) is 15.3 Å². The quantitative estimate of drug-likeness (QED) is 0.720. The van der Waals surface area contributed by atoms with E-state index in [1.165, 1.54) is 0 Å². The van der Waals surface area contributed by atoms with Crippen molar-refractivity contribution in [3.05, 3.63) is 47.3 Å². The van der Waals surface area contributed by atoms with Crippen LogP contribution in [0.3, 0.4) is 0 Å². The van der Waals surface area contributed by atoms with Crippen molar-refractivity contribution < 1.29 is 13.5 Å². The lowest BCUT2D eigenvalue weighted by molar-refractivity contribution is 0.137. The molecule has 0 saturated carbocycles. The van der Waals surface area contributed by atoms with Crippen LogP contribution in [0.2, 0.25) is 0 Å². The van der Waals surface area contributed by atoms with E-state index in [9.17, 15) is 8.78 Å². The molecule has 0 spiro atoms. The first-order valence-electron chi connectivity index (χ1n) is 7.24. The van der Waals surface area contributed by atoms with Crippen molar-refractivity contribution >= 4 is 5.65 Å². The van der Waals surface area contributed by atoms with E-state index in [2.05, 4.69) is 29.1 Å². The average molecular weight is 318 g/mol. The normalized spacial score (nSPS) is 11.6. The number of nitrogens with zero attached hydrogens (tertiary/aromatic N) is 4. The van der Waals surface area contributed by atoms with Gasteiger partial charge in [-0.2, -0.15) is 4.52 Å². The average Bonchev–Trinajstić information content (AvgIpc) is 2.92. The monoisotopic (exact) mass is 318 g/mol. The Morgan fingerprint density at radius 1 is 1.09 bits per heavy atom. The molecule has 1 aromatic carbocycles. The molecule has 0 saturated heterocycles. The molecule has 0 amide bonds. The third-order valence-electron chi connectivity index (χ3n) is 3.55. The molecule has 0 radical (unpaired) electrons. The summed E-state index contributed by atoms with van der Waals surface area (Å²) in [4.78, 5) is 0. The Morgan fingerprint density at radius 3 is 2.57 bits per heavy atom. The zero-order valence-electron chi connectivity index (χ0n) is 13.0. The summed E-state index contributed by atoms with van der Waals surface area (Å²) in [6, 6.07) is 9.07. The highest BCUT2D eigenvalue weighted by molar-refractivity contribution is 5.42. The van der Waals surface area contributed by atoms with Crippen LogP contribution >= 0.6 is 0 Å². The molecular weight excluding hydrogens is 302 g/mol. The first-order chi connectivity index (χ1) is 11.0. The predicted molar refractivity (Wildman–Crippen MR) is 81.1 cm³/mol. The van der Waals surface area contributed by atoms with Crippen LogP contribution in [0.1, 0.15) is 43.1 Å². The van der Waals surface area contributed by atoms with Gasteiger partial charge in [0.05, 0.1) is 0 Å². The van der Waals surface area contributed by atoms with Gasteiger partial charge >= 0.3 is 0 Å². The lowest BCUT2D eigenvalue weighted by atomic mass is 10.0. The van der Waals surface area contributed by atoms with Crippen LogP contribution in [0, 0.1) is 6.92 Å². The fourth-order valence-electron chi connectivity index (χ4n) is 2.18. The van der Waals surface area contributed by atoms with Crippen LogP contribution in [-0.4, -0.2) is 19.8 Å². The van der Waals surface area contributed by atoms with Crippen molar-refractivity contribution in [2.24, 2.45) is 0 Å². The predicted octanol–water partition coefficient (Wildman–Crippen LogP) is 4.29. The van der Waals surface area contributed by atoms with Crippen LogP contribution in [0.25, 0.3) is 5.65 Å². The van der Waals surface area contributed by atoms with Crippen molar-refractivity contribution in [3.63, 3.8) is 0 Å². The molecule has 0 N–H and O–H groups in total. The highest BCUT2D eigenvalue weighted by Gasteiger charge is 2.17. The van der Waals surface area contributed by atoms with Gasteiger partial charge in [-0.1, -0.05) is 26.0 Å². The number of hydrogen-bond acceptors (Lipinski definition) is 4. The third-order valence-corrected chi connectivity index (χ3v) is 3.55. The van der Waals surface area contributed by atoms with Gasteiger partial charge in [0, 0.05) is 6.07 Å². The molecule has 5 nitrogen and oxygen atoms in total. The Morgan fingerprint density at radius 2 is 1.87 bits per heavy atom. The van der Waals surface area contributed by atoms with E-state index in [0.717, 1.165) is 15.6 Å². The molecule has 3 rings (SSSR count). The van der Waals surface area contributed by atoms with E-state index in [0.29, 0.717) is 11.7 Å². The number of alkyl halides is 2. The van der Waals surface area contributed by atoms with Gasteiger partial charge < -0.3 is 4.74 Å². The van der Waals surface area contributed by atoms with E-state index in [1.807, 2.05) is 25.1 Å². The summed E-state index contributed by atoms with van der Waals surface area (Å²) in [5, 5.41) is 11.2. The van der Waals surface area contributed by atoms with E-state index in [-0.39, 0.29) is 11.5 Å². The first kappa shape index (κ1) is 15.3. The molecule has 2 aromatic heterocycles. The fourth-order valence-corrected chi connectivity index (χ4v) is 2.18. The number of rotatable bonds is 4. The topological polar surface area (TPSA) is 52.3 Å². The standard InChI is InChI=1S/C16H16F2N4O/c1-9(2)11-5-4-10(3)12(8-11)23-14-7-6-13-19-20-16(15(17)18)22(13)21-14/h4-9,15H,1-3H3. The highest BCUT2D eigenvalue weighted by atomic mass is 19.3. The largest absolute Gasteiger partial charge is 0.437 e. The minimum Gasteiger partial charge on any atom is -0.437 e. The summed E-state index contributed by atoms with van der Waals surface area (Å²) < 4.78 is 32.6. The van der Waals surface area contributed by atoms with E-state index < -0.39 is 12.2 Å². The lowest BCUT2D eigenvalue weighted by Crippen LogP contribution is -2.01. The Bertz CT molecular complexity index is 845. The van der Waals surface area contributed by atoms with Gasteiger partial charge in [0.2, 0.25) is 11.7 Å². The molecule has 0 fully saturated rings. The van der Waals surface area contributed by atoms with Crippen molar-refractivity contribution in [2.75, 3.05) is 0 Å². The van der Waals surface area contributed by atoms with Gasteiger partial charge in [0.1, 0.15) is 5.75 Å². The van der Waals surface area contributed by atoms with Gasteiger partial charge in [-0.3, -0.25) is 0 Å². The van der Waals surface area contributed by atoms with E-state index >= 15 is 0 Å². The van der Waals surface area contributed by atoms with Gasteiger partial charge in [-0.05, 0) is 36.1 Å². The lowest BCUT2D eigenvalue weighted by Gasteiger charge is -2.12. The highest BCUT2D eigenvalue weighted by Crippen LogP contribution is 2.28. The molecule has 2 heterocycles. The summed E-state index contributed by atoms with van der Waals surface area (Å²) >= 11 is 0. The molecule has 120 valence electrons. The number of aryl methyl sites for hydroxylation is 1. The maximum Gasteiger partial charge on any atom is 0.299 e. The molecule has 0 aliphatic carbocycles. The maximum atomic E-state index is 12.9. The molecule has 3 aromatic rings. The van der Waals surface area contributed by atoms with Crippen molar-refractivity contribution in [3.8, 4) is 11.6 Å². The zero-order chi connectivity index (χ0) is 16.6. The number of aromatic nitrogens is 4. The summed E-state index contributed by atoms with van der Waals surface area (Å²) in [5.41, 5.74) is 2.32. The van der Waals surface area contributed by atoms with Crippen LogP contribution < -0.4 is 4.74 Å². The third kappa shape index (κ3) is 2.99. The summed E-state index contributed by atoms with van der Waals surface area (Å²) in [5.74, 6) is 0.715. The maximum absolute atomic E-state index is 12.9. The number of fused-ring (bicyclic) bond motifs is 1. The Kier molecular flexibility index (Phi) is 3.94. The van der Waals surface area contributed by atoms with Crippen LogP contribution in [-0.2, 0) is 0 Å². The number of halogens is 2. The molecule has 0 bridgehead atoms. The molecule has 0 unspecified atom stereocenters. The van der Waals surface area contributed by atoms with E-state index in [4.69, 9.17) is 4.74 Å². The Hall–Kier alpha value is -2.57. The molecule has 7 heteroatoms. The molecule has 0 aliphatic rings. The Balaban J connectivity index is 1.98. The van der Waals surface area contributed by atoms with E-state index in [1.54, 1.807) is 12.1 Å². The molecule has 23 heavy (non-hydrogen) atoms. The Labute approximate surface area is 131 Å². The smallest absolute Gasteiger partial charge is 0.299 e. The molecule has 0 atom stereocenters. The fraction of sp³-hybridized carbons (Fsp3) is 0.312. The second-order valence-electron chi connectivity index (χ2n) is 5.58. The van der Waals surface area contributed by atoms with Gasteiger partial charge in [0.25, 0.3) is 6.43 Å². The van der Waals surface area contributed by atoms with Gasteiger partial charge in [-0.25, -0.2) is 8.78 Å². The second-order valence-corrected chi connectivity index (χ2v) is 5.58. The van der Waals surface area contributed by atoms with Crippen molar-refractivity contribution in [1.82, 2.24) is 19.8 Å². The van der Waals surface area contributed by atoms with Gasteiger partial charge in [0.15, 0.2) is 5.65 Å². The number of benzene rings is 1. The minimum absolute atomic E-state index is 0.211. The minimum atomic E-state index is -2.75. The summed E-state index contributed by atoms with van der Waals surface area (Å²) in [6.07, 6.45) is -2.75. The first-order valence-corrected chi connectivity index (χ1v) is 7.24. The second kappa shape index (κ2) is 5.91. The zero-order valence-corrected chi connectivity index (χ0v) is 13.0. The SMILES string of the molecule is Cc1ccc(C(C)C)cc1Oc1ccc2nnc(C(F)F)n2n1.